The zero-order valence-electron chi connectivity index (χ0n) is 14.5. The first kappa shape index (κ1) is 18.0. The Morgan fingerprint density at radius 3 is 2.58 bits per heavy atom. The van der Waals surface area contributed by atoms with Crippen LogP contribution in [-0.4, -0.2) is 34.6 Å². The maximum absolute atomic E-state index is 11.1. The Morgan fingerprint density at radius 2 is 1.96 bits per heavy atom. The molecule has 0 aromatic heterocycles. The third-order valence-electron chi connectivity index (χ3n) is 4.53. The topological polar surface area (TPSA) is 77.8 Å². The molecule has 0 saturated heterocycles. The molecule has 1 aromatic rings. The number of aromatic hydroxyl groups is 1. The fourth-order valence-electron chi connectivity index (χ4n) is 3.36. The highest BCUT2D eigenvalue weighted by Gasteiger charge is 2.31. The van der Waals surface area contributed by atoms with Crippen molar-refractivity contribution in [3.8, 4) is 5.75 Å². The molecule has 0 radical (unpaired) electrons. The van der Waals surface area contributed by atoms with Crippen molar-refractivity contribution in [3.05, 3.63) is 29.3 Å². The molecule has 0 atom stereocenters. The van der Waals surface area contributed by atoms with E-state index in [2.05, 4.69) is 24.8 Å². The largest absolute Gasteiger partial charge is 0.507 e. The number of hydrogen-bond acceptors (Lipinski definition) is 4. The molecule has 130 valence electrons. The first-order valence-electron chi connectivity index (χ1n) is 8.27. The molecule has 1 heterocycles. The summed E-state index contributed by atoms with van der Waals surface area (Å²) in [5.74, 6) is -0.770. The van der Waals surface area contributed by atoms with Crippen LogP contribution in [0.25, 0.3) is 5.57 Å². The van der Waals surface area contributed by atoms with Crippen molar-refractivity contribution in [3.63, 3.8) is 0 Å². The van der Waals surface area contributed by atoms with Crippen molar-refractivity contribution in [2.24, 2.45) is 0 Å². The minimum Gasteiger partial charge on any atom is -0.507 e. The number of unbranched alkanes of at least 4 members (excludes halogenated alkanes) is 2. The lowest BCUT2D eigenvalue weighted by molar-refractivity contribution is -0.137. The van der Waals surface area contributed by atoms with Crippen LogP contribution >= 0.6 is 0 Å². The fourth-order valence-corrected chi connectivity index (χ4v) is 3.36. The highest BCUT2D eigenvalue weighted by Crippen LogP contribution is 2.41. The number of carboxylic acid groups (broad SMARTS) is 1. The Balaban J connectivity index is 2.23. The molecule has 1 aromatic carbocycles. The fraction of sp³-hybridized carbons (Fsp3) is 0.474. The van der Waals surface area contributed by atoms with E-state index >= 15 is 0 Å². The molecular weight excluding hydrogens is 306 g/mol. The summed E-state index contributed by atoms with van der Waals surface area (Å²) < 4.78 is 0. The van der Waals surface area contributed by atoms with Crippen molar-refractivity contribution >= 4 is 23.5 Å². The minimum atomic E-state index is -0.761. The van der Waals surface area contributed by atoms with Gasteiger partial charge in [0.2, 0.25) is 0 Å². The average Bonchev–Trinajstić information content (AvgIpc) is 2.48. The molecule has 0 aliphatic carbocycles. The number of phenolic OH excluding ortho intramolecular Hbond substituents is 1. The van der Waals surface area contributed by atoms with Crippen LogP contribution in [0.2, 0.25) is 0 Å². The quantitative estimate of drug-likeness (QED) is 0.586. The summed E-state index contributed by atoms with van der Waals surface area (Å²) >= 11 is 0. The van der Waals surface area contributed by atoms with E-state index in [4.69, 9.17) is 5.11 Å². The van der Waals surface area contributed by atoms with Crippen molar-refractivity contribution < 1.29 is 19.8 Å². The number of rotatable bonds is 7. The maximum atomic E-state index is 11.1. The zero-order chi connectivity index (χ0) is 17.9. The number of nitrogens with zero attached hydrogens (tertiary/aromatic N) is 1. The number of fused-ring (bicyclic) bond motifs is 1. The third-order valence-corrected chi connectivity index (χ3v) is 4.53. The van der Waals surface area contributed by atoms with Gasteiger partial charge in [0.25, 0.3) is 0 Å². The van der Waals surface area contributed by atoms with Crippen LogP contribution in [0.15, 0.2) is 18.2 Å². The van der Waals surface area contributed by atoms with Gasteiger partial charge in [0.15, 0.2) is 6.29 Å². The molecule has 5 nitrogen and oxygen atoms in total. The predicted molar refractivity (Wildman–Crippen MR) is 94.7 cm³/mol. The standard InChI is InChI=1S/C19H25NO4/c1-13-11-19(2,3)20(8-6-4-5-7-18(23)24)16-10-17(22)14(12-21)9-15(13)16/h9-12,22H,4-8H2,1-3H3,(H,23,24). The number of allylic oxidation sites excluding steroid dienone is 1. The highest BCUT2D eigenvalue weighted by atomic mass is 16.4. The lowest BCUT2D eigenvalue weighted by Gasteiger charge is -2.43. The van der Waals surface area contributed by atoms with Gasteiger partial charge in [-0.05, 0) is 45.3 Å². The normalized spacial score (nSPS) is 15.6. The summed E-state index contributed by atoms with van der Waals surface area (Å²) in [6.07, 6.45) is 5.41. The van der Waals surface area contributed by atoms with Gasteiger partial charge in [-0.2, -0.15) is 0 Å². The Labute approximate surface area is 142 Å². The summed E-state index contributed by atoms with van der Waals surface area (Å²) in [6, 6.07) is 3.39. The SMILES string of the molecule is CC1=CC(C)(C)N(CCCCCC(=O)O)c2cc(O)c(C=O)cc21. The van der Waals surface area contributed by atoms with Gasteiger partial charge >= 0.3 is 5.97 Å². The first-order valence-corrected chi connectivity index (χ1v) is 8.27. The number of carbonyl (C=O) groups is 2. The number of carboxylic acids is 1. The second kappa shape index (κ2) is 7.07. The van der Waals surface area contributed by atoms with Crippen molar-refractivity contribution in [1.29, 1.82) is 0 Å². The Bertz CT molecular complexity index is 676. The molecule has 2 rings (SSSR count). The maximum Gasteiger partial charge on any atom is 0.303 e. The number of aliphatic carboxylic acids is 1. The van der Waals surface area contributed by atoms with E-state index in [9.17, 15) is 14.7 Å². The van der Waals surface area contributed by atoms with E-state index in [-0.39, 0.29) is 17.7 Å². The molecular formula is C19H25NO4. The molecule has 0 fully saturated rings. The molecule has 1 aliphatic heterocycles. The van der Waals surface area contributed by atoms with Crippen LogP contribution in [0.3, 0.4) is 0 Å². The number of anilines is 1. The molecule has 0 unspecified atom stereocenters. The smallest absolute Gasteiger partial charge is 0.303 e. The Kier molecular flexibility index (Phi) is 5.32. The van der Waals surface area contributed by atoms with Gasteiger partial charge < -0.3 is 15.1 Å². The lowest BCUT2D eigenvalue weighted by atomic mass is 9.87. The summed E-state index contributed by atoms with van der Waals surface area (Å²) in [7, 11) is 0. The van der Waals surface area contributed by atoms with Gasteiger partial charge in [0.05, 0.1) is 11.1 Å². The van der Waals surface area contributed by atoms with Crippen LogP contribution in [0.5, 0.6) is 5.75 Å². The number of benzene rings is 1. The Hall–Kier alpha value is -2.30. The molecule has 5 heteroatoms. The van der Waals surface area contributed by atoms with Crippen molar-refractivity contribution in [1.82, 2.24) is 0 Å². The number of carbonyl (C=O) groups excluding carboxylic acids is 1. The van der Waals surface area contributed by atoms with Gasteiger partial charge in [0.1, 0.15) is 5.75 Å². The summed E-state index contributed by atoms with van der Waals surface area (Å²) in [4.78, 5) is 23.9. The lowest BCUT2D eigenvalue weighted by Crippen LogP contribution is -2.45. The van der Waals surface area contributed by atoms with Gasteiger partial charge in [-0.15, -0.1) is 0 Å². The molecule has 0 spiro atoms. The monoisotopic (exact) mass is 331 g/mol. The van der Waals surface area contributed by atoms with Gasteiger partial charge in [0, 0.05) is 30.3 Å². The van der Waals surface area contributed by atoms with E-state index in [1.807, 2.05) is 6.92 Å². The molecule has 1 aliphatic rings. The van der Waals surface area contributed by atoms with E-state index < -0.39 is 5.97 Å². The predicted octanol–water partition coefficient (Wildman–Crippen LogP) is 3.85. The van der Waals surface area contributed by atoms with E-state index in [1.54, 1.807) is 12.1 Å². The first-order chi connectivity index (χ1) is 11.3. The van der Waals surface area contributed by atoms with Gasteiger partial charge in [-0.25, -0.2) is 0 Å². The van der Waals surface area contributed by atoms with E-state index in [0.29, 0.717) is 18.3 Å². The third kappa shape index (κ3) is 3.78. The minimum absolute atomic E-state index is 0.00914. The van der Waals surface area contributed by atoms with Crippen LogP contribution in [0.1, 0.15) is 62.4 Å². The summed E-state index contributed by atoms with van der Waals surface area (Å²) in [5.41, 5.74) is 3.04. The summed E-state index contributed by atoms with van der Waals surface area (Å²) in [6.45, 7) is 7.00. The molecule has 0 saturated carbocycles. The van der Waals surface area contributed by atoms with Crippen molar-refractivity contribution in [2.75, 3.05) is 11.4 Å². The second-order valence-electron chi connectivity index (χ2n) is 6.88. The second-order valence-corrected chi connectivity index (χ2v) is 6.88. The number of phenols is 1. The molecule has 0 amide bonds. The van der Waals surface area contributed by atoms with E-state index in [0.717, 1.165) is 36.2 Å². The van der Waals surface area contributed by atoms with Crippen LogP contribution < -0.4 is 4.90 Å². The van der Waals surface area contributed by atoms with Crippen molar-refractivity contribution in [2.45, 2.75) is 52.0 Å². The van der Waals surface area contributed by atoms with Crippen LogP contribution in [0.4, 0.5) is 5.69 Å². The zero-order valence-corrected chi connectivity index (χ0v) is 14.5. The molecule has 2 N–H and O–H groups in total. The van der Waals surface area contributed by atoms with Gasteiger partial charge in [-0.3, -0.25) is 9.59 Å². The van der Waals surface area contributed by atoms with E-state index in [1.165, 1.54) is 0 Å². The van der Waals surface area contributed by atoms with Crippen LogP contribution in [-0.2, 0) is 4.79 Å². The molecule has 24 heavy (non-hydrogen) atoms. The number of hydrogen-bond donors (Lipinski definition) is 2. The Morgan fingerprint density at radius 1 is 1.25 bits per heavy atom. The number of aldehydes is 1. The summed E-state index contributed by atoms with van der Waals surface area (Å²) in [5, 5.41) is 18.8. The van der Waals surface area contributed by atoms with Gasteiger partial charge in [-0.1, -0.05) is 12.5 Å². The average molecular weight is 331 g/mol. The molecule has 0 bridgehead atoms. The van der Waals surface area contributed by atoms with Crippen LogP contribution in [0, 0.1) is 0 Å². The highest BCUT2D eigenvalue weighted by molar-refractivity contribution is 5.89.